The molecule has 0 radical (unpaired) electrons. The summed E-state index contributed by atoms with van der Waals surface area (Å²) in [6.07, 6.45) is 1.94. The molecule has 1 aromatic carbocycles. The lowest BCUT2D eigenvalue weighted by molar-refractivity contribution is 0.205. The number of likely N-dealkylation sites (N-methyl/N-ethyl adjacent to an activating group) is 1. The van der Waals surface area contributed by atoms with E-state index in [2.05, 4.69) is 32.9 Å². The summed E-state index contributed by atoms with van der Waals surface area (Å²) in [7, 11) is 1.75. The molecule has 0 N–H and O–H groups in total. The van der Waals surface area contributed by atoms with E-state index in [4.69, 9.17) is 5.26 Å². The summed E-state index contributed by atoms with van der Waals surface area (Å²) in [5, 5.41) is 8.93. The number of carbonyl (C=O) groups is 1. The number of carbonyl (C=O) groups excluding carboxylic acids is 1. The van der Waals surface area contributed by atoms with Gasteiger partial charge in [0.25, 0.3) is 0 Å². The Bertz CT molecular complexity index is 521. The minimum atomic E-state index is -0.220. The zero-order valence-corrected chi connectivity index (χ0v) is 11.2. The first-order valence-corrected chi connectivity index (χ1v) is 5.97. The van der Waals surface area contributed by atoms with Gasteiger partial charge in [0, 0.05) is 7.05 Å². The normalized spacial score (nSPS) is 19.3. The minimum Gasteiger partial charge on any atom is -0.318 e. The number of nitrogens with zero attached hydrogens (tertiary/aromatic N) is 3. The molecule has 1 aliphatic rings. The first kappa shape index (κ1) is 12.4. The Morgan fingerprint density at radius 1 is 1.28 bits per heavy atom. The number of amides is 2. The maximum atomic E-state index is 11.8. The summed E-state index contributed by atoms with van der Waals surface area (Å²) in [4.78, 5) is 14.7. The third-order valence-electron chi connectivity index (χ3n) is 3.55. The molecule has 94 valence electrons. The van der Waals surface area contributed by atoms with Gasteiger partial charge in [-0.25, -0.2) is 9.69 Å². The van der Waals surface area contributed by atoms with E-state index in [0.717, 1.165) is 5.56 Å². The molecule has 0 aromatic heterocycles. The van der Waals surface area contributed by atoms with Gasteiger partial charge in [0.05, 0.1) is 12.6 Å². The molecule has 1 aromatic rings. The molecule has 0 saturated carbocycles. The van der Waals surface area contributed by atoms with Crippen molar-refractivity contribution in [3.05, 3.63) is 34.4 Å². The first-order chi connectivity index (χ1) is 8.45. The highest BCUT2D eigenvalue weighted by Crippen LogP contribution is 2.32. The molecule has 4 heteroatoms. The van der Waals surface area contributed by atoms with Gasteiger partial charge >= 0.3 is 6.03 Å². The molecule has 1 saturated heterocycles. The molecular formula is C14H17N3O. The summed E-state index contributed by atoms with van der Waals surface area (Å²) < 4.78 is 0. The second-order valence-electron chi connectivity index (χ2n) is 4.93. The molecule has 1 fully saturated rings. The van der Waals surface area contributed by atoms with Gasteiger partial charge in [-0.15, -0.1) is 0 Å². The predicted octanol–water partition coefficient (Wildman–Crippen LogP) is 2.50. The number of rotatable bonds is 1. The highest BCUT2D eigenvalue weighted by molar-refractivity contribution is 5.79. The highest BCUT2D eigenvalue weighted by atomic mass is 16.2. The molecule has 1 aliphatic heterocycles. The van der Waals surface area contributed by atoms with Crippen LogP contribution in [0.3, 0.4) is 0 Å². The highest BCUT2D eigenvalue weighted by Gasteiger charge is 2.37. The fraction of sp³-hybridized carbons (Fsp3) is 0.429. The van der Waals surface area contributed by atoms with E-state index in [0.29, 0.717) is 6.54 Å². The SMILES string of the molecule is Cc1cc(C)c(C2CN(C#N)C(=O)N2C)c(C)c1. The van der Waals surface area contributed by atoms with Crippen molar-refractivity contribution in [2.45, 2.75) is 26.8 Å². The Balaban J connectivity index is 2.46. The van der Waals surface area contributed by atoms with Gasteiger partial charge < -0.3 is 4.90 Å². The van der Waals surface area contributed by atoms with Crippen LogP contribution < -0.4 is 0 Å². The molecule has 2 amide bonds. The van der Waals surface area contributed by atoms with E-state index in [1.807, 2.05) is 6.19 Å². The number of benzene rings is 1. The molecule has 4 nitrogen and oxygen atoms in total. The largest absolute Gasteiger partial charge is 0.333 e. The zero-order valence-electron chi connectivity index (χ0n) is 11.2. The molecule has 1 unspecified atom stereocenters. The quantitative estimate of drug-likeness (QED) is 0.711. The van der Waals surface area contributed by atoms with Crippen LogP contribution in [0.15, 0.2) is 12.1 Å². The van der Waals surface area contributed by atoms with Crippen molar-refractivity contribution >= 4 is 6.03 Å². The van der Waals surface area contributed by atoms with E-state index in [-0.39, 0.29) is 12.1 Å². The summed E-state index contributed by atoms with van der Waals surface area (Å²) >= 11 is 0. The van der Waals surface area contributed by atoms with Crippen LogP contribution in [0.5, 0.6) is 0 Å². The van der Waals surface area contributed by atoms with Gasteiger partial charge in [0.1, 0.15) is 0 Å². The topological polar surface area (TPSA) is 47.3 Å². The monoisotopic (exact) mass is 243 g/mol. The molecule has 0 aliphatic carbocycles. The van der Waals surface area contributed by atoms with Crippen LogP contribution in [-0.2, 0) is 0 Å². The number of aryl methyl sites for hydroxylation is 3. The van der Waals surface area contributed by atoms with Gasteiger partial charge in [-0.05, 0) is 37.5 Å². The summed E-state index contributed by atoms with van der Waals surface area (Å²) in [6, 6.07) is 3.99. The third kappa shape index (κ3) is 1.82. The van der Waals surface area contributed by atoms with E-state index < -0.39 is 0 Å². The van der Waals surface area contributed by atoms with Crippen LogP contribution in [0.1, 0.15) is 28.3 Å². The van der Waals surface area contributed by atoms with Gasteiger partial charge in [-0.2, -0.15) is 5.26 Å². The Labute approximate surface area is 107 Å². The van der Waals surface area contributed by atoms with E-state index in [1.165, 1.54) is 21.6 Å². The maximum absolute atomic E-state index is 11.8. The Morgan fingerprint density at radius 3 is 2.28 bits per heavy atom. The van der Waals surface area contributed by atoms with Crippen LogP contribution in [-0.4, -0.2) is 29.4 Å². The van der Waals surface area contributed by atoms with Crippen molar-refractivity contribution in [2.24, 2.45) is 0 Å². The molecule has 2 rings (SSSR count). The maximum Gasteiger partial charge on any atom is 0.333 e. The minimum absolute atomic E-state index is 0.0299. The van der Waals surface area contributed by atoms with Gasteiger partial charge in [-0.3, -0.25) is 0 Å². The van der Waals surface area contributed by atoms with Crippen LogP contribution in [0.25, 0.3) is 0 Å². The lowest BCUT2D eigenvalue weighted by atomic mass is 9.94. The summed E-state index contributed by atoms with van der Waals surface area (Å²) in [6.45, 7) is 6.62. The molecule has 1 heterocycles. The molecule has 0 spiro atoms. The average Bonchev–Trinajstić information content (AvgIpc) is 2.56. The lowest BCUT2D eigenvalue weighted by Crippen LogP contribution is -2.26. The van der Waals surface area contributed by atoms with Gasteiger partial charge in [-0.1, -0.05) is 17.7 Å². The standard InChI is InChI=1S/C14H17N3O/c1-9-5-10(2)13(11(3)6-9)12-7-17(8-15)14(18)16(12)4/h5-6,12H,7H2,1-4H3. The van der Waals surface area contributed by atoms with Crippen LogP contribution >= 0.6 is 0 Å². The van der Waals surface area contributed by atoms with Crippen molar-refractivity contribution in [1.82, 2.24) is 9.80 Å². The first-order valence-electron chi connectivity index (χ1n) is 5.97. The number of hydrogen-bond acceptors (Lipinski definition) is 2. The second-order valence-corrected chi connectivity index (χ2v) is 4.93. The zero-order chi connectivity index (χ0) is 13.4. The molecule has 0 bridgehead atoms. The third-order valence-corrected chi connectivity index (χ3v) is 3.55. The van der Waals surface area contributed by atoms with Crippen LogP contribution in [0, 0.1) is 32.2 Å². The molecule has 1 atom stereocenters. The van der Waals surface area contributed by atoms with E-state index >= 15 is 0 Å². The predicted molar refractivity (Wildman–Crippen MR) is 68.9 cm³/mol. The van der Waals surface area contributed by atoms with Crippen molar-refractivity contribution in [3.63, 3.8) is 0 Å². The Morgan fingerprint density at radius 2 is 1.83 bits per heavy atom. The summed E-state index contributed by atoms with van der Waals surface area (Å²) in [5.41, 5.74) is 4.74. The smallest absolute Gasteiger partial charge is 0.318 e. The van der Waals surface area contributed by atoms with Crippen molar-refractivity contribution in [3.8, 4) is 6.19 Å². The Kier molecular flexibility index (Phi) is 3.00. The lowest BCUT2D eigenvalue weighted by Gasteiger charge is -2.22. The number of urea groups is 1. The Hall–Kier alpha value is -2.02. The van der Waals surface area contributed by atoms with Gasteiger partial charge in [0.2, 0.25) is 0 Å². The fourth-order valence-electron chi connectivity index (χ4n) is 2.78. The number of hydrogen-bond donors (Lipinski definition) is 0. The van der Waals surface area contributed by atoms with Gasteiger partial charge in [0.15, 0.2) is 6.19 Å². The molecule has 18 heavy (non-hydrogen) atoms. The van der Waals surface area contributed by atoms with Crippen molar-refractivity contribution < 1.29 is 4.79 Å². The number of nitriles is 1. The van der Waals surface area contributed by atoms with Crippen LogP contribution in [0.2, 0.25) is 0 Å². The molecular weight excluding hydrogens is 226 g/mol. The average molecular weight is 243 g/mol. The van der Waals surface area contributed by atoms with Crippen molar-refractivity contribution in [2.75, 3.05) is 13.6 Å². The van der Waals surface area contributed by atoms with Crippen molar-refractivity contribution in [1.29, 1.82) is 5.26 Å². The second kappa shape index (κ2) is 4.34. The van der Waals surface area contributed by atoms with E-state index in [1.54, 1.807) is 11.9 Å². The van der Waals surface area contributed by atoms with E-state index in [9.17, 15) is 4.79 Å². The summed E-state index contributed by atoms with van der Waals surface area (Å²) in [5.74, 6) is 0. The fourth-order valence-corrected chi connectivity index (χ4v) is 2.78. The van der Waals surface area contributed by atoms with Crippen LogP contribution in [0.4, 0.5) is 4.79 Å².